The monoisotopic (exact) mass is 569 g/mol. The summed E-state index contributed by atoms with van der Waals surface area (Å²) in [5, 5.41) is 11.2. The van der Waals surface area contributed by atoms with E-state index in [0.29, 0.717) is 22.0 Å². The van der Waals surface area contributed by atoms with Crippen LogP contribution in [0.15, 0.2) is 89.8 Å². The number of nitrogens with one attached hydrogen (secondary N) is 2. The summed E-state index contributed by atoms with van der Waals surface area (Å²) in [5.41, 5.74) is 1.43. The van der Waals surface area contributed by atoms with Crippen LogP contribution in [0.2, 0.25) is 5.02 Å². The van der Waals surface area contributed by atoms with Gasteiger partial charge in [0.25, 0.3) is 5.91 Å². The Morgan fingerprint density at radius 3 is 2.44 bits per heavy atom. The number of H-pyrrole nitrogens is 1. The predicted molar refractivity (Wildman–Crippen MR) is 144 cm³/mol. The summed E-state index contributed by atoms with van der Waals surface area (Å²) in [6, 6.07) is 20.3. The summed E-state index contributed by atoms with van der Waals surface area (Å²) in [6.45, 7) is 0. The molecule has 0 aliphatic carbocycles. The molecule has 2 N–H and O–H groups in total. The van der Waals surface area contributed by atoms with Crippen LogP contribution < -0.4 is 5.32 Å². The van der Waals surface area contributed by atoms with E-state index in [0.717, 1.165) is 29.3 Å². The molecule has 0 bridgehead atoms. The number of nitrogens with zero attached hydrogens (tertiary/aromatic N) is 1. The number of hydrogen-bond acceptors (Lipinski definition) is 4. The molecule has 0 fully saturated rings. The number of aromatic amines is 1. The Morgan fingerprint density at radius 2 is 1.69 bits per heavy atom. The largest absolute Gasteiger partial charge is 0.416 e. The van der Waals surface area contributed by atoms with Crippen molar-refractivity contribution in [2.75, 3.05) is 11.6 Å². The van der Waals surface area contributed by atoms with Crippen LogP contribution >= 0.6 is 11.6 Å². The molecular formula is C28H19ClF3N3O3S. The number of alkyl halides is 3. The molecule has 6 nitrogen and oxygen atoms in total. The standard InChI is InChI=1S/C28H19ClF3N3O3S/c1-39(37,38)19-10-11-20(22(15-19)16-5-4-6-17(13-16)28(30,31)32)27(36)33-18-9-12-24(29)23(14-18)26-21-7-2-3-8-25(21)34-35-26/h2-15H,1H3,(H,33,36)(H,34,35). The fraction of sp³-hybridized carbons (Fsp3) is 0.0714. The van der Waals surface area contributed by atoms with E-state index in [9.17, 15) is 26.4 Å². The van der Waals surface area contributed by atoms with E-state index >= 15 is 0 Å². The van der Waals surface area contributed by atoms with Crippen molar-refractivity contribution in [1.29, 1.82) is 0 Å². The zero-order valence-electron chi connectivity index (χ0n) is 20.2. The van der Waals surface area contributed by atoms with Crippen molar-refractivity contribution in [3.63, 3.8) is 0 Å². The first-order valence-corrected chi connectivity index (χ1v) is 13.7. The molecule has 1 aromatic heterocycles. The van der Waals surface area contributed by atoms with E-state index in [1.165, 1.54) is 30.3 Å². The van der Waals surface area contributed by atoms with Crippen molar-refractivity contribution in [1.82, 2.24) is 10.2 Å². The maximum atomic E-state index is 13.4. The highest BCUT2D eigenvalue weighted by Gasteiger charge is 2.31. The summed E-state index contributed by atoms with van der Waals surface area (Å²) >= 11 is 6.44. The van der Waals surface area contributed by atoms with Gasteiger partial charge in [-0.25, -0.2) is 8.42 Å². The molecule has 5 aromatic rings. The summed E-state index contributed by atoms with van der Waals surface area (Å²) in [4.78, 5) is 13.3. The number of amides is 1. The second-order valence-electron chi connectivity index (χ2n) is 8.82. The molecule has 0 saturated carbocycles. The first-order chi connectivity index (χ1) is 18.4. The minimum Gasteiger partial charge on any atom is -0.322 e. The van der Waals surface area contributed by atoms with Gasteiger partial charge in [0.1, 0.15) is 5.69 Å². The van der Waals surface area contributed by atoms with Gasteiger partial charge < -0.3 is 5.32 Å². The number of fused-ring (bicyclic) bond motifs is 1. The lowest BCUT2D eigenvalue weighted by atomic mass is 9.97. The van der Waals surface area contributed by atoms with Gasteiger partial charge in [0.05, 0.1) is 21.0 Å². The van der Waals surface area contributed by atoms with Crippen LogP contribution in [-0.2, 0) is 16.0 Å². The van der Waals surface area contributed by atoms with Crippen molar-refractivity contribution in [3.8, 4) is 22.4 Å². The van der Waals surface area contributed by atoms with Gasteiger partial charge in [0.15, 0.2) is 9.84 Å². The predicted octanol–water partition coefficient (Wildman–Crippen LogP) is 7.22. The summed E-state index contributed by atoms with van der Waals surface area (Å²) in [5.74, 6) is -0.650. The molecule has 0 unspecified atom stereocenters. The van der Waals surface area contributed by atoms with Gasteiger partial charge in [-0.1, -0.05) is 41.9 Å². The molecule has 1 heterocycles. The number of aromatic nitrogens is 2. The van der Waals surface area contributed by atoms with Gasteiger partial charge in [-0.2, -0.15) is 18.3 Å². The molecular weight excluding hydrogens is 551 g/mol. The SMILES string of the molecule is CS(=O)(=O)c1ccc(C(=O)Nc2ccc(Cl)c(-c3n[nH]c4ccccc34)c2)c(-c2cccc(C(F)(F)F)c2)c1. The molecule has 5 rings (SSSR count). The molecule has 4 aromatic carbocycles. The quantitative estimate of drug-likeness (QED) is 0.234. The average Bonchev–Trinajstić information content (AvgIpc) is 3.32. The Morgan fingerprint density at radius 1 is 0.923 bits per heavy atom. The lowest BCUT2D eigenvalue weighted by Crippen LogP contribution is -2.14. The van der Waals surface area contributed by atoms with Crippen molar-refractivity contribution in [3.05, 3.63) is 101 Å². The Kier molecular flexibility index (Phi) is 6.69. The third kappa shape index (κ3) is 5.39. The van der Waals surface area contributed by atoms with Crippen molar-refractivity contribution < 1.29 is 26.4 Å². The van der Waals surface area contributed by atoms with Crippen LogP contribution in [0, 0.1) is 0 Å². The number of carbonyl (C=O) groups excluding carboxylic acids is 1. The molecule has 0 radical (unpaired) electrons. The molecule has 0 saturated heterocycles. The fourth-order valence-corrected chi connectivity index (χ4v) is 5.06. The molecule has 1 amide bonds. The van der Waals surface area contributed by atoms with Gasteiger partial charge in [-0.15, -0.1) is 0 Å². The van der Waals surface area contributed by atoms with Crippen molar-refractivity contribution >= 4 is 43.9 Å². The fourth-order valence-electron chi connectivity index (χ4n) is 4.21. The highest BCUT2D eigenvalue weighted by Crippen LogP contribution is 2.36. The van der Waals surface area contributed by atoms with E-state index in [-0.39, 0.29) is 21.6 Å². The third-order valence-corrected chi connectivity index (χ3v) is 7.55. The minimum absolute atomic E-state index is 0.0107. The van der Waals surface area contributed by atoms with E-state index in [1.807, 2.05) is 24.3 Å². The lowest BCUT2D eigenvalue weighted by molar-refractivity contribution is -0.137. The first kappa shape index (κ1) is 26.5. The third-order valence-electron chi connectivity index (χ3n) is 6.11. The molecule has 11 heteroatoms. The first-order valence-electron chi connectivity index (χ1n) is 11.5. The van der Waals surface area contributed by atoms with Crippen LogP contribution in [0.4, 0.5) is 18.9 Å². The number of benzene rings is 4. The Labute approximate surface area is 226 Å². The van der Waals surface area contributed by atoms with Crippen molar-refractivity contribution in [2.24, 2.45) is 0 Å². The number of rotatable bonds is 5. The number of sulfone groups is 1. The summed E-state index contributed by atoms with van der Waals surface area (Å²) in [7, 11) is -3.71. The molecule has 0 aliphatic heterocycles. The Bertz CT molecular complexity index is 1850. The average molecular weight is 570 g/mol. The van der Waals surface area contributed by atoms with E-state index < -0.39 is 27.5 Å². The minimum atomic E-state index is -4.62. The van der Waals surface area contributed by atoms with E-state index in [4.69, 9.17) is 11.6 Å². The second-order valence-corrected chi connectivity index (χ2v) is 11.2. The molecule has 198 valence electrons. The number of anilines is 1. The van der Waals surface area contributed by atoms with Gasteiger partial charge in [0.2, 0.25) is 0 Å². The number of para-hydroxylation sites is 1. The van der Waals surface area contributed by atoms with E-state index in [2.05, 4.69) is 15.5 Å². The Balaban J connectivity index is 1.56. The number of hydrogen-bond donors (Lipinski definition) is 2. The molecule has 0 atom stereocenters. The number of halogens is 4. The van der Waals surface area contributed by atoms with E-state index in [1.54, 1.807) is 18.2 Å². The van der Waals surface area contributed by atoms with Gasteiger partial charge in [-0.05, 0) is 65.7 Å². The van der Waals surface area contributed by atoms with Gasteiger partial charge in [0, 0.05) is 28.5 Å². The lowest BCUT2D eigenvalue weighted by Gasteiger charge is -2.14. The van der Waals surface area contributed by atoms with Crippen molar-refractivity contribution in [2.45, 2.75) is 11.1 Å². The van der Waals surface area contributed by atoms with Crippen LogP contribution in [-0.4, -0.2) is 30.8 Å². The molecule has 0 spiro atoms. The maximum absolute atomic E-state index is 13.4. The zero-order chi connectivity index (χ0) is 27.9. The van der Waals surface area contributed by atoms with Crippen LogP contribution in [0.1, 0.15) is 15.9 Å². The summed E-state index contributed by atoms with van der Waals surface area (Å²) in [6.07, 6.45) is -3.64. The second kappa shape index (κ2) is 9.87. The van der Waals surface area contributed by atoms with Crippen LogP contribution in [0.3, 0.4) is 0 Å². The maximum Gasteiger partial charge on any atom is 0.416 e. The van der Waals surface area contributed by atoms with Crippen LogP contribution in [0.5, 0.6) is 0 Å². The Hall–Kier alpha value is -4.15. The van der Waals surface area contributed by atoms with Gasteiger partial charge in [-0.3, -0.25) is 9.89 Å². The van der Waals surface area contributed by atoms with Gasteiger partial charge >= 0.3 is 6.18 Å². The number of carbonyl (C=O) groups is 1. The molecule has 0 aliphatic rings. The normalized spacial score (nSPS) is 12.0. The highest BCUT2D eigenvalue weighted by atomic mass is 35.5. The zero-order valence-corrected chi connectivity index (χ0v) is 21.7. The summed E-state index contributed by atoms with van der Waals surface area (Å²) < 4.78 is 64.5. The topological polar surface area (TPSA) is 91.9 Å². The van der Waals surface area contributed by atoms with Crippen LogP contribution in [0.25, 0.3) is 33.3 Å². The highest BCUT2D eigenvalue weighted by molar-refractivity contribution is 7.90. The molecule has 39 heavy (non-hydrogen) atoms. The smallest absolute Gasteiger partial charge is 0.322 e.